The average molecular weight is 315 g/mol. The van der Waals surface area contributed by atoms with E-state index in [4.69, 9.17) is 23.1 Å². The quantitative estimate of drug-likeness (QED) is 0.444. The standard InChI is InChI=1S/C13H23ClN6O/c1-5-6-8(20(2,3)4)7-17-13(21)9-11(15)19-12(16)10(14)18-9/h8H,5-7H2,1-4H3,(H4-,15,16,17,19,21)/t8-/m1/s1. The second kappa shape index (κ2) is 6.91. The number of anilines is 2. The number of hydrogen-bond donors (Lipinski definition) is 2. The van der Waals surface area contributed by atoms with Crippen molar-refractivity contribution in [3.05, 3.63) is 10.8 Å². The van der Waals surface area contributed by atoms with Crippen LogP contribution in [0.2, 0.25) is 5.15 Å². The molecule has 21 heavy (non-hydrogen) atoms. The van der Waals surface area contributed by atoms with Crippen molar-refractivity contribution in [1.82, 2.24) is 9.97 Å². The monoisotopic (exact) mass is 314 g/mol. The lowest BCUT2D eigenvalue weighted by atomic mass is 10.1. The van der Waals surface area contributed by atoms with Gasteiger partial charge in [0.15, 0.2) is 16.8 Å². The fourth-order valence-electron chi connectivity index (χ4n) is 1.92. The molecule has 1 rings (SSSR count). The fourth-order valence-corrected chi connectivity index (χ4v) is 2.05. The summed E-state index contributed by atoms with van der Waals surface area (Å²) < 4.78 is 0.730. The molecule has 0 bridgehead atoms. The van der Waals surface area contributed by atoms with Gasteiger partial charge in [0.2, 0.25) is 0 Å². The molecule has 0 aromatic carbocycles. The Morgan fingerprint density at radius 2 is 1.90 bits per heavy atom. The molecule has 0 saturated carbocycles. The molecule has 0 aliphatic rings. The van der Waals surface area contributed by atoms with Crippen LogP contribution in [-0.2, 0) is 0 Å². The number of aromatic nitrogens is 2. The molecule has 0 amide bonds. The van der Waals surface area contributed by atoms with E-state index in [0.717, 1.165) is 17.3 Å². The largest absolute Gasteiger partial charge is 0.857 e. The molecule has 7 nitrogen and oxygen atoms in total. The summed E-state index contributed by atoms with van der Waals surface area (Å²) in [7, 11) is 6.23. The first kappa shape index (κ1) is 17.5. The molecule has 0 aliphatic heterocycles. The molecule has 8 heteroatoms. The van der Waals surface area contributed by atoms with Gasteiger partial charge in [0.25, 0.3) is 0 Å². The van der Waals surface area contributed by atoms with Crippen LogP contribution in [0.25, 0.3) is 0 Å². The van der Waals surface area contributed by atoms with E-state index in [9.17, 15) is 5.11 Å². The Morgan fingerprint density at radius 1 is 1.29 bits per heavy atom. The number of nitrogens with two attached hydrogens (primary N) is 2. The van der Waals surface area contributed by atoms with Crippen LogP contribution in [0, 0.1) is 0 Å². The van der Waals surface area contributed by atoms with Gasteiger partial charge in [-0.15, -0.1) is 0 Å². The molecule has 0 unspecified atom stereocenters. The zero-order chi connectivity index (χ0) is 16.2. The number of aliphatic imine (C=N–C) groups is 1. The Bertz CT molecular complexity index is 526. The first-order valence-electron chi connectivity index (χ1n) is 6.78. The van der Waals surface area contributed by atoms with E-state index in [1.54, 1.807) is 0 Å². The van der Waals surface area contributed by atoms with Crippen molar-refractivity contribution < 1.29 is 9.59 Å². The lowest BCUT2D eigenvalue weighted by Crippen LogP contribution is -2.47. The number of nitrogen functional groups attached to an aromatic ring is 2. The summed E-state index contributed by atoms with van der Waals surface area (Å²) >= 11 is 5.76. The molecule has 1 atom stereocenters. The van der Waals surface area contributed by atoms with Gasteiger partial charge in [-0.2, -0.15) is 0 Å². The first-order chi connectivity index (χ1) is 9.66. The highest BCUT2D eigenvalue weighted by atomic mass is 35.5. The average Bonchev–Trinajstić information content (AvgIpc) is 2.37. The number of quaternary nitrogens is 1. The second-order valence-electron chi connectivity index (χ2n) is 5.84. The van der Waals surface area contributed by atoms with E-state index in [0.29, 0.717) is 6.54 Å². The Morgan fingerprint density at radius 3 is 2.43 bits per heavy atom. The van der Waals surface area contributed by atoms with E-state index in [2.05, 4.69) is 43.0 Å². The number of halogens is 1. The van der Waals surface area contributed by atoms with Crippen LogP contribution in [0.4, 0.5) is 11.6 Å². The molecule has 4 N–H and O–H groups in total. The van der Waals surface area contributed by atoms with Crippen molar-refractivity contribution in [1.29, 1.82) is 0 Å². The molecule has 0 saturated heterocycles. The zero-order valence-electron chi connectivity index (χ0n) is 12.9. The Balaban J connectivity index is 2.97. The van der Waals surface area contributed by atoms with Crippen molar-refractivity contribution in [2.24, 2.45) is 4.99 Å². The molecule has 0 aliphatic carbocycles. The maximum Gasteiger partial charge on any atom is 0.172 e. The molecule has 0 radical (unpaired) electrons. The van der Waals surface area contributed by atoms with Gasteiger partial charge >= 0.3 is 0 Å². The maximum atomic E-state index is 12.1. The third-order valence-electron chi connectivity index (χ3n) is 3.27. The van der Waals surface area contributed by atoms with Crippen molar-refractivity contribution in [3.8, 4) is 0 Å². The minimum Gasteiger partial charge on any atom is -0.857 e. The van der Waals surface area contributed by atoms with Crippen molar-refractivity contribution in [2.75, 3.05) is 39.2 Å². The SMILES string of the molecule is CCC[C@H](CN=C([O-])c1nc(Cl)c(N)nc1N)[N+](C)(C)C. The highest BCUT2D eigenvalue weighted by Crippen LogP contribution is 2.17. The van der Waals surface area contributed by atoms with E-state index >= 15 is 0 Å². The van der Waals surface area contributed by atoms with Gasteiger partial charge < -0.3 is 21.1 Å². The first-order valence-corrected chi connectivity index (χ1v) is 7.16. The van der Waals surface area contributed by atoms with Crippen molar-refractivity contribution in [3.63, 3.8) is 0 Å². The number of rotatable bonds is 6. The Kier molecular flexibility index (Phi) is 5.74. The summed E-state index contributed by atoms with van der Waals surface area (Å²) in [6, 6.07) is 0.248. The Labute approximate surface area is 130 Å². The highest BCUT2D eigenvalue weighted by Gasteiger charge is 2.22. The summed E-state index contributed by atoms with van der Waals surface area (Å²) in [6.45, 7) is 2.51. The number of nitrogens with zero attached hydrogens (tertiary/aromatic N) is 4. The minimum atomic E-state index is -0.517. The lowest BCUT2D eigenvalue weighted by molar-refractivity contribution is -0.894. The van der Waals surface area contributed by atoms with Gasteiger partial charge in [0.05, 0.1) is 27.7 Å². The molecule has 1 heterocycles. The third kappa shape index (κ3) is 4.71. The van der Waals surface area contributed by atoms with Gasteiger partial charge in [-0.05, 0) is 0 Å². The van der Waals surface area contributed by atoms with Gasteiger partial charge in [0.1, 0.15) is 11.7 Å². The Hall–Kier alpha value is -1.60. The van der Waals surface area contributed by atoms with E-state index in [-0.39, 0.29) is 28.5 Å². The van der Waals surface area contributed by atoms with Crippen LogP contribution >= 0.6 is 11.6 Å². The molecule has 0 fully saturated rings. The normalized spacial score (nSPS) is 14.2. The van der Waals surface area contributed by atoms with E-state index < -0.39 is 5.90 Å². The van der Waals surface area contributed by atoms with Crippen LogP contribution in [0.5, 0.6) is 0 Å². The van der Waals surface area contributed by atoms with Crippen molar-refractivity contribution in [2.45, 2.75) is 25.8 Å². The van der Waals surface area contributed by atoms with E-state index in [1.807, 2.05) is 0 Å². The lowest BCUT2D eigenvalue weighted by Gasteiger charge is -2.33. The molecule has 1 aromatic rings. The summed E-state index contributed by atoms with van der Waals surface area (Å²) in [5.41, 5.74) is 11.1. The van der Waals surface area contributed by atoms with Gasteiger partial charge in [-0.1, -0.05) is 24.9 Å². The summed E-state index contributed by atoms with van der Waals surface area (Å²) in [5.74, 6) is -0.569. The summed E-state index contributed by atoms with van der Waals surface area (Å²) in [6.07, 6.45) is 2.00. The molecule has 0 spiro atoms. The molecule has 118 valence electrons. The smallest absolute Gasteiger partial charge is 0.172 e. The van der Waals surface area contributed by atoms with E-state index in [1.165, 1.54) is 0 Å². The number of hydrogen-bond acceptors (Lipinski definition) is 6. The zero-order valence-corrected chi connectivity index (χ0v) is 13.7. The summed E-state index contributed by atoms with van der Waals surface area (Å²) in [4.78, 5) is 11.7. The van der Waals surface area contributed by atoms with Gasteiger partial charge in [-0.25, -0.2) is 9.97 Å². The molecular weight excluding hydrogens is 292 g/mol. The topological polar surface area (TPSA) is 113 Å². The fraction of sp³-hybridized carbons (Fsp3) is 0.615. The number of likely N-dealkylation sites (N-methyl/N-ethyl adjacent to an activating group) is 1. The third-order valence-corrected chi connectivity index (χ3v) is 3.55. The predicted octanol–water partition coefficient (Wildman–Crippen LogP) is 0.276. The van der Waals surface area contributed by atoms with Crippen LogP contribution in [0.1, 0.15) is 25.5 Å². The van der Waals surface area contributed by atoms with Gasteiger partial charge in [-0.3, -0.25) is 4.99 Å². The predicted molar refractivity (Wildman–Crippen MR) is 84.0 cm³/mol. The van der Waals surface area contributed by atoms with Crippen LogP contribution in [0.15, 0.2) is 4.99 Å². The molecular formula is C13H23ClN6O. The maximum absolute atomic E-state index is 12.1. The van der Waals surface area contributed by atoms with Crippen LogP contribution < -0.4 is 16.6 Å². The van der Waals surface area contributed by atoms with Crippen LogP contribution in [-0.4, -0.2) is 54.1 Å². The highest BCUT2D eigenvalue weighted by molar-refractivity contribution is 6.31. The molecule has 1 aromatic heterocycles. The second-order valence-corrected chi connectivity index (χ2v) is 6.20. The minimum absolute atomic E-state index is 0.000865. The van der Waals surface area contributed by atoms with Crippen molar-refractivity contribution >= 4 is 29.1 Å². The van der Waals surface area contributed by atoms with Crippen LogP contribution in [0.3, 0.4) is 0 Å². The van der Waals surface area contributed by atoms with Gasteiger partial charge in [0, 0.05) is 12.3 Å². The summed E-state index contributed by atoms with van der Waals surface area (Å²) in [5, 5.41) is 12.1.